The Labute approximate surface area is 107 Å². The smallest absolute Gasteiger partial charge is 0.471 e. The maximum atomic E-state index is 12.1. The van der Waals surface area contributed by atoms with E-state index in [0.29, 0.717) is 5.56 Å². The Bertz CT molecular complexity index is 473. The van der Waals surface area contributed by atoms with E-state index in [9.17, 15) is 22.8 Å². The Morgan fingerprint density at radius 2 is 1.74 bits per heavy atom. The van der Waals surface area contributed by atoms with Crippen molar-refractivity contribution in [2.45, 2.75) is 18.5 Å². The third kappa shape index (κ3) is 3.46. The first kappa shape index (κ1) is 15.0. The fourth-order valence-electron chi connectivity index (χ4n) is 1.46. The van der Waals surface area contributed by atoms with Gasteiger partial charge >= 0.3 is 18.1 Å². The average molecular weight is 275 g/mol. The minimum atomic E-state index is -5.03. The molecule has 0 saturated carbocycles. The molecule has 0 aliphatic carbocycles. The van der Waals surface area contributed by atoms with Crippen LogP contribution in [0.15, 0.2) is 30.3 Å². The summed E-state index contributed by atoms with van der Waals surface area (Å²) in [7, 11) is 0. The molecule has 19 heavy (non-hydrogen) atoms. The Kier molecular flexibility index (Phi) is 4.18. The fourth-order valence-corrected chi connectivity index (χ4v) is 1.46. The molecule has 1 rings (SSSR count). The molecule has 0 aliphatic rings. The molecule has 0 aromatic heterocycles. The molecule has 0 radical (unpaired) electrons. The molecule has 4 nitrogen and oxygen atoms in total. The number of hydrogen-bond donors (Lipinski definition) is 2. The third-order valence-electron chi connectivity index (χ3n) is 2.74. The van der Waals surface area contributed by atoms with E-state index in [2.05, 4.69) is 0 Å². The van der Waals surface area contributed by atoms with Crippen LogP contribution in [0.25, 0.3) is 0 Å². The number of amides is 1. The van der Waals surface area contributed by atoms with Gasteiger partial charge in [-0.25, -0.2) is 0 Å². The van der Waals surface area contributed by atoms with E-state index in [4.69, 9.17) is 5.11 Å². The SMILES string of the molecule is CC(CNC(=O)C(F)(F)F)(C(=O)O)c1ccccc1. The van der Waals surface area contributed by atoms with Gasteiger partial charge in [-0.15, -0.1) is 0 Å². The minimum absolute atomic E-state index is 0.310. The van der Waals surface area contributed by atoms with Gasteiger partial charge in [-0.1, -0.05) is 30.3 Å². The molecule has 7 heteroatoms. The van der Waals surface area contributed by atoms with E-state index in [0.717, 1.165) is 0 Å². The molecule has 1 aromatic rings. The van der Waals surface area contributed by atoms with Crippen molar-refractivity contribution in [3.63, 3.8) is 0 Å². The zero-order chi connectivity index (χ0) is 14.7. The summed E-state index contributed by atoms with van der Waals surface area (Å²) in [6, 6.07) is 7.76. The number of carbonyl (C=O) groups excluding carboxylic acids is 1. The summed E-state index contributed by atoms with van der Waals surface area (Å²) >= 11 is 0. The van der Waals surface area contributed by atoms with Crippen molar-refractivity contribution >= 4 is 11.9 Å². The monoisotopic (exact) mass is 275 g/mol. The van der Waals surface area contributed by atoms with Gasteiger partial charge in [0.2, 0.25) is 0 Å². The van der Waals surface area contributed by atoms with E-state index in [1.165, 1.54) is 19.1 Å². The van der Waals surface area contributed by atoms with Gasteiger partial charge in [0.15, 0.2) is 0 Å². The normalized spacial score (nSPS) is 14.5. The highest BCUT2D eigenvalue weighted by Crippen LogP contribution is 2.24. The number of carboxylic acids is 1. The summed E-state index contributed by atoms with van der Waals surface area (Å²) in [5.41, 5.74) is -1.31. The lowest BCUT2D eigenvalue weighted by Crippen LogP contribution is -2.47. The van der Waals surface area contributed by atoms with E-state index in [1.807, 2.05) is 0 Å². The van der Waals surface area contributed by atoms with Gasteiger partial charge in [0.25, 0.3) is 0 Å². The number of aliphatic carboxylic acids is 1. The molecule has 0 bridgehead atoms. The highest BCUT2D eigenvalue weighted by Gasteiger charge is 2.42. The third-order valence-corrected chi connectivity index (χ3v) is 2.74. The molecule has 0 saturated heterocycles. The molecule has 0 heterocycles. The van der Waals surface area contributed by atoms with Crippen molar-refractivity contribution in [1.82, 2.24) is 5.32 Å². The first-order valence-electron chi connectivity index (χ1n) is 5.32. The van der Waals surface area contributed by atoms with Crippen molar-refractivity contribution in [2.75, 3.05) is 6.54 Å². The van der Waals surface area contributed by atoms with Crippen LogP contribution in [0.4, 0.5) is 13.2 Å². The van der Waals surface area contributed by atoms with Crippen LogP contribution in [0, 0.1) is 0 Å². The topological polar surface area (TPSA) is 66.4 Å². The zero-order valence-corrected chi connectivity index (χ0v) is 9.99. The van der Waals surface area contributed by atoms with Gasteiger partial charge in [0.1, 0.15) is 5.41 Å². The Morgan fingerprint density at radius 3 is 2.16 bits per heavy atom. The number of carbonyl (C=O) groups is 2. The van der Waals surface area contributed by atoms with Crippen LogP contribution in [-0.2, 0) is 15.0 Å². The number of halogens is 3. The van der Waals surface area contributed by atoms with Crippen LogP contribution in [-0.4, -0.2) is 29.7 Å². The molecule has 1 amide bonds. The van der Waals surface area contributed by atoms with E-state index < -0.39 is 30.0 Å². The number of alkyl halides is 3. The summed E-state index contributed by atoms with van der Waals surface area (Å²) in [5.74, 6) is -3.47. The summed E-state index contributed by atoms with van der Waals surface area (Å²) in [6.07, 6.45) is -5.03. The van der Waals surface area contributed by atoms with Gasteiger partial charge in [-0.3, -0.25) is 9.59 Å². The number of benzene rings is 1. The van der Waals surface area contributed by atoms with Gasteiger partial charge in [0, 0.05) is 6.54 Å². The zero-order valence-electron chi connectivity index (χ0n) is 9.99. The molecule has 1 atom stereocenters. The maximum Gasteiger partial charge on any atom is 0.471 e. The van der Waals surface area contributed by atoms with E-state index >= 15 is 0 Å². The highest BCUT2D eigenvalue weighted by molar-refractivity contribution is 5.85. The van der Waals surface area contributed by atoms with Crippen LogP contribution in [0.3, 0.4) is 0 Å². The summed E-state index contributed by atoms with van der Waals surface area (Å²) in [5, 5.41) is 10.8. The highest BCUT2D eigenvalue weighted by atomic mass is 19.4. The molecule has 2 N–H and O–H groups in total. The van der Waals surface area contributed by atoms with Crippen molar-refractivity contribution in [3.05, 3.63) is 35.9 Å². The Balaban J connectivity index is 2.91. The number of carboxylic acid groups (broad SMARTS) is 1. The summed E-state index contributed by atoms with van der Waals surface area (Å²) in [6.45, 7) is 0.603. The van der Waals surface area contributed by atoms with Gasteiger partial charge < -0.3 is 10.4 Å². The second-order valence-electron chi connectivity index (χ2n) is 4.18. The lowest BCUT2D eigenvalue weighted by atomic mass is 9.82. The van der Waals surface area contributed by atoms with Gasteiger partial charge in [0.05, 0.1) is 0 Å². The lowest BCUT2D eigenvalue weighted by Gasteiger charge is -2.25. The quantitative estimate of drug-likeness (QED) is 0.879. The van der Waals surface area contributed by atoms with Crippen LogP contribution in [0.5, 0.6) is 0 Å². The van der Waals surface area contributed by atoms with Crippen molar-refractivity contribution in [1.29, 1.82) is 0 Å². The van der Waals surface area contributed by atoms with Crippen LogP contribution in [0.1, 0.15) is 12.5 Å². The molecular formula is C12H12F3NO3. The first-order valence-corrected chi connectivity index (χ1v) is 5.32. The molecule has 1 unspecified atom stereocenters. The van der Waals surface area contributed by atoms with Gasteiger partial charge in [-0.2, -0.15) is 13.2 Å². The molecule has 104 valence electrons. The largest absolute Gasteiger partial charge is 0.481 e. The lowest BCUT2D eigenvalue weighted by molar-refractivity contribution is -0.174. The molecule has 0 aliphatic heterocycles. The predicted molar refractivity (Wildman–Crippen MR) is 60.5 cm³/mol. The van der Waals surface area contributed by atoms with Crippen molar-refractivity contribution in [3.8, 4) is 0 Å². The average Bonchev–Trinajstić information content (AvgIpc) is 2.35. The number of rotatable bonds is 4. The first-order chi connectivity index (χ1) is 8.68. The minimum Gasteiger partial charge on any atom is -0.481 e. The molecule has 0 fully saturated rings. The Hall–Kier alpha value is -2.05. The molecule has 1 aromatic carbocycles. The second-order valence-corrected chi connectivity index (χ2v) is 4.18. The number of hydrogen-bond acceptors (Lipinski definition) is 2. The van der Waals surface area contributed by atoms with Crippen LogP contribution >= 0.6 is 0 Å². The summed E-state index contributed by atoms with van der Waals surface area (Å²) in [4.78, 5) is 22.0. The fraction of sp³-hybridized carbons (Fsp3) is 0.333. The van der Waals surface area contributed by atoms with Crippen LogP contribution < -0.4 is 5.32 Å². The summed E-state index contributed by atoms with van der Waals surface area (Å²) < 4.78 is 36.2. The Morgan fingerprint density at radius 1 is 1.21 bits per heavy atom. The standard InChI is InChI=1S/C12H12F3NO3/c1-11(10(18)19,8-5-3-2-4-6-8)7-16-9(17)12(13,14)15/h2-6H,7H2,1H3,(H,16,17)(H,18,19). The van der Waals surface area contributed by atoms with E-state index in [-0.39, 0.29) is 0 Å². The molecule has 0 spiro atoms. The van der Waals surface area contributed by atoms with Gasteiger partial charge in [-0.05, 0) is 12.5 Å². The van der Waals surface area contributed by atoms with Crippen molar-refractivity contribution < 1.29 is 27.9 Å². The molecular weight excluding hydrogens is 263 g/mol. The predicted octanol–water partition coefficient (Wildman–Crippen LogP) is 1.71. The number of nitrogens with one attached hydrogen (secondary N) is 1. The van der Waals surface area contributed by atoms with Crippen molar-refractivity contribution in [2.24, 2.45) is 0 Å². The van der Waals surface area contributed by atoms with E-state index in [1.54, 1.807) is 23.5 Å². The van der Waals surface area contributed by atoms with Crippen LogP contribution in [0.2, 0.25) is 0 Å². The maximum absolute atomic E-state index is 12.1. The second kappa shape index (κ2) is 5.29.